The van der Waals surface area contributed by atoms with Crippen LogP contribution in [0.2, 0.25) is 0 Å². The number of rotatable bonds is 8. The van der Waals surface area contributed by atoms with Crippen LogP contribution in [0.4, 0.5) is 0 Å². The van der Waals surface area contributed by atoms with E-state index in [2.05, 4.69) is 31.5 Å². The predicted molar refractivity (Wildman–Crippen MR) is 108 cm³/mol. The summed E-state index contributed by atoms with van der Waals surface area (Å²) in [5, 5.41) is 12.4. The molecule has 0 fully saturated rings. The highest BCUT2D eigenvalue weighted by Crippen LogP contribution is 2.23. The maximum Gasteiger partial charge on any atom is 0.277 e. The number of benzene rings is 1. The van der Waals surface area contributed by atoms with Crippen LogP contribution in [-0.2, 0) is 24.2 Å². The topological polar surface area (TPSA) is 93.8 Å². The number of nitrogens with zero attached hydrogens (tertiary/aromatic N) is 4. The van der Waals surface area contributed by atoms with Crippen molar-refractivity contribution in [3.05, 3.63) is 65.3 Å². The third kappa shape index (κ3) is 4.93. The molecule has 0 radical (unpaired) electrons. The fourth-order valence-electron chi connectivity index (χ4n) is 2.52. The Labute approximate surface area is 169 Å². The molecule has 4 rings (SSSR count). The normalized spacial score (nSPS) is 11.0. The first kappa shape index (κ1) is 18.6. The summed E-state index contributed by atoms with van der Waals surface area (Å²) in [6.07, 6.45) is 4.77. The van der Waals surface area contributed by atoms with Crippen molar-refractivity contribution < 1.29 is 9.21 Å². The standard InChI is InChI=1S/C19H17N5O2S2/c25-16(21-11-13-7-9-20-10-8-13)12-27-19-24-23-17(26-19)5-6-18-22-14-3-1-2-4-15(14)28-18/h1-4,7-10H,5-6,11-12H2,(H,21,25). The summed E-state index contributed by atoms with van der Waals surface area (Å²) in [6.45, 7) is 0.471. The number of nitrogens with one attached hydrogen (secondary N) is 1. The van der Waals surface area contributed by atoms with E-state index in [1.54, 1.807) is 23.7 Å². The van der Waals surface area contributed by atoms with Gasteiger partial charge in [0.2, 0.25) is 11.8 Å². The number of amides is 1. The smallest absolute Gasteiger partial charge is 0.277 e. The van der Waals surface area contributed by atoms with Gasteiger partial charge in [-0.25, -0.2) is 4.98 Å². The van der Waals surface area contributed by atoms with Gasteiger partial charge in [0.05, 0.1) is 21.0 Å². The second kappa shape index (κ2) is 8.94. The van der Waals surface area contributed by atoms with Gasteiger partial charge in [-0.05, 0) is 29.8 Å². The van der Waals surface area contributed by atoms with Gasteiger partial charge in [-0.1, -0.05) is 23.9 Å². The summed E-state index contributed by atoms with van der Waals surface area (Å²) in [6, 6.07) is 11.8. The highest BCUT2D eigenvalue weighted by Gasteiger charge is 2.11. The van der Waals surface area contributed by atoms with Gasteiger partial charge < -0.3 is 9.73 Å². The molecule has 1 aromatic carbocycles. The molecule has 0 atom stereocenters. The molecule has 0 bridgehead atoms. The van der Waals surface area contributed by atoms with Gasteiger partial charge in [0.1, 0.15) is 0 Å². The molecule has 0 spiro atoms. The van der Waals surface area contributed by atoms with Crippen LogP contribution in [0.1, 0.15) is 16.5 Å². The lowest BCUT2D eigenvalue weighted by molar-refractivity contribution is -0.118. The Morgan fingerprint density at radius 2 is 1.96 bits per heavy atom. The largest absolute Gasteiger partial charge is 0.416 e. The number of para-hydroxylation sites is 1. The summed E-state index contributed by atoms with van der Waals surface area (Å²) < 4.78 is 6.80. The van der Waals surface area contributed by atoms with Gasteiger partial charge in [-0.3, -0.25) is 9.78 Å². The molecule has 1 N–H and O–H groups in total. The molecule has 0 saturated heterocycles. The first-order valence-electron chi connectivity index (χ1n) is 8.71. The van der Waals surface area contributed by atoms with Crippen molar-refractivity contribution in [2.45, 2.75) is 24.6 Å². The van der Waals surface area contributed by atoms with Crippen LogP contribution < -0.4 is 5.32 Å². The van der Waals surface area contributed by atoms with E-state index < -0.39 is 0 Å². The zero-order valence-corrected chi connectivity index (χ0v) is 16.5. The molecule has 0 aliphatic carbocycles. The molecule has 9 heteroatoms. The first-order valence-corrected chi connectivity index (χ1v) is 10.5. The minimum Gasteiger partial charge on any atom is -0.416 e. The van der Waals surface area contributed by atoms with E-state index in [0.29, 0.717) is 24.1 Å². The molecule has 28 heavy (non-hydrogen) atoms. The van der Waals surface area contributed by atoms with Crippen LogP contribution in [0.5, 0.6) is 0 Å². The average Bonchev–Trinajstić information content (AvgIpc) is 3.36. The van der Waals surface area contributed by atoms with Crippen molar-refractivity contribution in [1.29, 1.82) is 0 Å². The highest BCUT2D eigenvalue weighted by atomic mass is 32.2. The van der Waals surface area contributed by atoms with E-state index >= 15 is 0 Å². The molecule has 3 heterocycles. The van der Waals surface area contributed by atoms with Crippen molar-refractivity contribution in [2.24, 2.45) is 0 Å². The number of carbonyl (C=O) groups excluding carboxylic acids is 1. The second-order valence-electron chi connectivity index (χ2n) is 5.96. The number of thioether (sulfide) groups is 1. The Morgan fingerprint density at radius 3 is 2.82 bits per heavy atom. The Bertz CT molecular complexity index is 1030. The van der Waals surface area contributed by atoms with E-state index in [-0.39, 0.29) is 11.7 Å². The second-order valence-corrected chi connectivity index (χ2v) is 8.00. The van der Waals surface area contributed by atoms with Crippen LogP contribution in [0.3, 0.4) is 0 Å². The summed E-state index contributed by atoms with van der Waals surface area (Å²) in [4.78, 5) is 20.5. The van der Waals surface area contributed by atoms with E-state index in [0.717, 1.165) is 22.5 Å². The van der Waals surface area contributed by atoms with Crippen LogP contribution in [-0.4, -0.2) is 31.8 Å². The van der Waals surface area contributed by atoms with Crippen molar-refractivity contribution >= 4 is 39.2 Å². The molecule has 1 amide bonds. The Kier molecular flexibility index (Phi) is 5.93. The number of aryl methyl sites for hydroxylation is 2. The molecular formula is C19H17N5O2S2. The molecule has 142 valence electrons. The summed E-state index contributed by atoms with van der Waals surface area (Å²) >= 11 is 2.91. The van der Waals surface area contributed by atoms with E-state index in [1.807, 2.05) is 30.3 Å². The van der Waals surface area contributed by atoms with Crippen LogP contribution in [0.15, 0.2) is 58.4 Å². The van der Waals surface area contributed by atoms with E-state index in [1.165, 1.54) is 16.5 Å². The number of hydrogen-bond donors (Lipinski definition) is 1. The fraction of sp³-hybridized carbons (Fsp3) is 0.211. The molecule has 0 saturated carbocycles. The van der Waals surface area contributed by atoms with E-state index in [9.17, 15) is 4.79 Å². The zero-order valence-electron chi connectivity index (χ0n) is 14.9. The van der Waals surface area contributed by atoms with Crippen molar-refractivity contribution in [1.82, 2.24) is 25.5 Å². The number of fused-ring (bicyclic) bond motifs is 1. The molecule has 4 aromatic rings. The van der Waals surface area contributed by atoms with E-state index in [4.69, 9.17) is 4.42 Å². The molecule has 0 aliphatic rings. The van der Waals surface area contributed by atoms with Crippen molar-refractivity contribution in [3.8, 4) is 0 Å². The summed E-state index contributed by atoms with van der Waals surface area (Å²) in [5.74, 6) is 0.694. The van der Waals surface area contributed by atoms with Crippen molar-refractivity contribution in [2.75, 3.05) is 5.75 Å². The summed E-state index contributed by atoms with van der Waals surface area (Å²) in [7, 11) is 0. The third-order valence-electron chi connectivity index (χ3n) is 3.90. The van der Waals surface area contributed by atoms with Gasteiger partial charge in [0.25, 0.3) is 5.22 Å². The lowest BCUT2D eigenvalue weighted by Gasteiger charge is -2.03. The number of hydrogen-bond acceptors (Lipinski definition) is 8. The molecule has 7 nitrogen and oxygen atoms in total. The van der Waals surface area contributed by atoms with Crippen LogP contribution in [0.25, 0.3) is 10.2 Å². The average molecular weight is 412 g/mol. The Balaban J connectivity index is 1.23. The van der Waals surface area contributed by atoms with Gasteiger partial charge in [0.15, 0.2) is 0 Å². The predicted octanol–water partition coefficient (Wildman–Crippen LogP) is 3.27. The quantitative estimate of drug-likeness (QED) is 0.445. The molecule has 3 aromatic heterocycles. The molecule has 0 unspecified atom stereocenters. The van der Waals surface area contributed by atoms with Crippen LogP contribution in [0, 0.1) is 0 Å². The minimum absolute atomic E-state index is 0.0870. The lowest BCUT2D eigenvalue weighted by Crippen LogP contribution is -2.24. The monoisotopic (exact) mass is 411 g/mol. The van der Waals surface area contributed by atoms with Crippen LogP contribution >= 0.6 is 23.1 Å². The fourth-order valence-corrected chi connectivity index (χ4v) is 4.10. The third-order valence-corrected chi connectivity index (χ3v) is 5.82. The Morgan fingerprint density at radius 1 is 1.11 bits per heavy atom. The van der Waals surface area contributed by atoms with Gasteiger partial charge in [-0.15, -0.1) is 21.5 Å². The molecular weight excluding hydrogens is 394 g/mol. The first-order chi connectivity index (χ1) is 13.8. The number of carbonyl (C=O) groups is 1. The lowest BCUT2D eigenvalue weighted by atomic mass is 10.3. The van der Waals surface area contributed by atoms with Crippen molar-refractivity contribution in [3.63, 3.8) is 0 Å². The minimum atomic E-state index is -0.0870. The SMILES string of the molecule is O=C(CSc1nnc(CCc2nc3ccccc3s2)o1)NCc1ccncc1. The van der Waals surface area contributed by atoms with Gasteiger partial charge in [-0.2, -0.15) is 0 Å². The number of pyridine rings is 1. The zero-order chi connectivity index (χ0) is 19.2. The highest BCUT2D eigenvalue weighted by molar-refractivity contribution is 7.99. The molecule has 0 aliphatic heterocycles. The van der Waals surface area contributed by atoms with Gasteiger partial charge in [0, 0.05) is 31.8 Å². The number of aromatic nitrogens is 4. The summed E-state index contributed by atoms with van der Waals surface area (Å²) in [5.41, 5.74) is 2.02. The maximum absolute atomic E-state index is 11.9. The van der Waals surface area contributed by atoms with Gasteiger partial charge >= 0.3 is 0 Å². The number of thiazole rings is 1. The Hall–Kier alpha value is -2.78. The maximum atomic E-state index is 11.9.